The average Bonchev–Trinajstić information content (AvgIpc) is 3.48. The zero-order valence-electron chi connectivity index (χ0n) is 20.8. The number of benzene rings is 1. The molecule has 1 unspecified atom stereocenters. The lowest BCUT2D eigenvalue weighted by Crippen LogP contribution is -2.52. The normalized spacial score (nSPS) is 41.4. The van der Waals surface area contributed by atoms with E-state index in [4.69, 9.17) is 14.2 Å². The minimum absolute atomic E-state index is 0.152. The average molecular weight is 467 g/mol. The Morgan fingerprint density at radius 3 is 2.56 bits per heavy atom. The van der Waals surface area contributed by atoms with Crippen molar-refractivity contribution in [3.63, 3.8) is 0 Å². The second-order valence-electron chi connectivity index (χ2n) is 12.1. The van der Waals surface area contributed by atoms with Crippen LogP contribution in [0.5, 0.6) is 0 Å². The maximum Gasteiger partial charge on any atom is 0.168 e. The lowest BCUT2D eigenvalue weighted by Gasteiger charge is -2.58. The van der Waals surface area contributed by atoms with E-state index in [-0.39, 0.29) is 17.3 Å². The number of carbonyl (C=O) groups excluding carboxylic acids is 1. The Labute approximate surface area is 205 Å². The van der Waals surface area contributed by atoms with E-state index < -0.39 is 0 Å². The minimum atomic E-state index is -0.256. The number of fused-ring (bicyclic) bond motifs is 5. The zero-order valence-corrected chi connectivity index (χ0v) is 20.8. The highest BCUT2D eigenvalue weighted by Gasteiger charge is 2.60. The summed E-state index contributed by atoms with van der Waals surface area (Å²) in [6.45, 7) is 4.48. The highest BCUT2D eigenvalue weighted by atomic mass is 16.7. The standard InChI is InChI=1S/C30H42O4/c1-21(32-20-22-5-3-2-4-6-22)27-9-10-28-26-8-7-23-19-30(33-17-18-34-30)14-12-24(23)25(26)11-13-29(27,28)15-16-31/h2-6,16,21,23-28H,7-15,17-20H2,1H3/t21?,23-,24+,25-,26-,27-,28+,29+/m1/s1. The molecule has 8 atom stereocenters. The molecule has 34 heavy (non-hydrogen) atoms. The summed E-state index contributed by atoms with van der Waals surface area (Å²) >= 11 is 0. The second kappa shape index (κ2) is 9.33. The number of hydrogen-bond donors (Lipinski definition) is 0. The molecule has 4 heteroatoms. The molecule has 1 aromatic rings. The maximum absolute atomic E-state index is 12.0. The van der Waals surface area contributed by atoms with E-state index in [9.17, 15) is 4.79 Å². The molecule has 4 nitrogen and oxygen atoms in total. The van der Waals surface area contributed by atoms with Crippen molar-refractivity contribution in [2.45, 2.75) is 89.6 Å². The van der Waals surface area contributed by atoms with Crippen molar-refractivity contribution < 1.29 is 19.0 Å². The van der Waals surface area contributed by atoms with Crippen LogP contribution in [0.15, 0.2) is 30.3 Å². The van der Waals surface area contributed by atoms with Crippen LogP contribution in [0, 0.1) is 40.9 Å². The quantitative estimate of drug-likeness (QED) is 0.470. The van der Waals surface area contributed by atoms with Crippen molar-refractivity contribution in [1.29, 1.82) is 0 Å². The molecule has 1 saturated heterocycles. The summed E-state index contributed by atoms with van der Waals surface area (Å²) in [5.41, 5.74) is 1.39. The first kappa shape index (κ1) is 23.2. The second-order valence-corrected chi connectivity index (χ2v) is 12.1. The summed E-state index contributed by atoms with van der Waals surface area (Å²) in [6.07, 6.45) is 13.3. The summed E-state index contributed by atoms with van der Waals surface area (Å²) < 4.78 is 18.7. The van der Waals surface area contributed by atoms with Gasteiger partial charge in [-0.15, -0.1) is 0 Å². The van der Waals surface area contributed by atoms with E-state index in [1.54, 1.807) is 0 Å². The molecule has 5 aliphatic rings. The van der Waals surface area contributed by atoms with E-state index in [2.05, 4.69) is 37.3 Å². The third-order valence-corrected chi connectivity index (χ3v) is 10.9. The highest BCUT2D eigenvalue weighted by molar-refractivity contribution is 5.51. The molecule has 6 rings (SSSR count). The molecule has 5 fully saturated rings. The number of aldehydes is 1. The van der Waals surface area contributed by atoms with Gasteiger partial charge in [0.1, 0.15) is 6.29 Å². The molecule has 0 radical (unpaired) electrons. The predicted octanol–water partition coefficient (Wildman–Crippen LogP) is 6.17. The molecule has 1 heterocycles. The molecule has 0 amide bonds. The molecule has 1 spiro atoms. The van der Waals surface area contributed by atoms with Crippen LogP contribution >= 0.6 is 0 Å². The summed E-state index contributed by atoms with van der Waals surface area (Å²) in [7, 11) is 0. The van der Waals surface area contributed by atoms with Crippen molar-refractivity contribution >= 4 is 6.29 Å². The first-order valence-corrected chi connectivity index (χ1v) is 14.0. The van der Waals surface area contributed by atoms with Crippen molar-refractivity contribution in [3.8, 4) is 0 Å². The van der Waals surface area contributed by atoms with Gasteiger partial charge in [0.15, 0.2) is 5.79 Å². The third-order valence-electron chi connectivity index (χ3n) is 10.9. The summed E-state index contributed by atoms with van der Waals surface area (Å²) in [5, 5.41) is 0. The van der Waals surface area contributed by atoms with Gasteiger partial charge in [-0.25, -0.2) is 0 Å². The van der Waals surface area contributed by atoms with Crippen molar-refractivity contribution in [2.24, 2.45) is 40.9 Å². The fourth-order valence-electron chi connectivity index (χ4n) is 9.62. The van der Waals surface area contributed by atoms with Gasteiger partial charge in [-0.3, -0.25) is 0 Å². The van der Waals surface area contributed by atoms with Gasteiger partial charge in [-0.2, -0.15) is 0 Å². The van der Waals surface area contributed by atoms with Gasteiger partial charge in [-0.05, 0) is 98.4 Å². The largest absolute Gasteiger partial charge is 0.374 e. The third kappa shape index (κ3) is 3.89. The zero-order chi connectivity index (χ0) is 23.2. The Kier molecular flexibility index (Phi) is 6.36. The van der Waals surface area contributed by atoms with E-state index in [1.165, 1.54) is 56.8 Å². The molecule has 4 saturated carbocycles. The molecule has 4 aliphatic carbocycles. The minimum Gasteiger partial charge on any atom is -0.374 e. The van der Waals surface area contributed by atoms with Crippen molar-refractivity contribution in [2.75, 3.05) is 13.2 Å². The molecule has 0 aromatic heterocycles. The van der Waals surface area contributed by atoms with Crippen LogP contribution in [0.3, 0.4) is 0 Å². The van der Waals surface area contributed by atoms with Gasteiger partial charge in [0, 0.05) is 19.3 Å². The van der Waals surface area contributed by atoms with Gasteiger partial charge >= 0.3 is 0 Å². The van der Waals surface area contributed by atoms with Crippen molar-refractivity contribution in [1.82, 2.24) is 0 Å². The van der Waals surface area contributed by atoms with Gasteiger partial charge in [0.05, 0.1) is 25.9 Å². The summed E-state index contributed by atoms with van der Waals surface area (Å²) in [4.78, 5) is 12.0. The Morgan fingerprint density at radius 1 is 0.971 bits per heavy atom. The molecular formula is C30H42O4. The molecule has 0 N–H and O–H groups in total. The lowest BCUT2D eigenvalue weighted by molar-refractivity contribution is -0.210. The summed E-state index contributed by atoms with van der Waals surface area (Å²) in [5.74, 6) is 4.16. The fraction of sp³-hybridized carbons (Fsp3) is 0.767. The van der Waals surface area contributed by atoms with Crippen LogP contribution in [-0.2, 0) is 25.6 Å². The van der Waals surface area contributed by atoms with Crippen LogP contribution < -0.4 is 0 Å². The van der Waals surface area contributed by atoms with Gasteiger partial charge in [-0.1, -0.05) is 30.3 Å². The Morgan fingerprint density at radius 2 is 1.76 bits per heavy atom. The number of rotatable bonds is 6. The van der Waals surface area contributed by atoms with Gasteiger partial charge < -0.3 is 19.0 Å². The Balaban J connectivity index is 1.17. The Bertz CT molecular complexity index is 849. The first-order chi connectivity index (χ1) is 16.6. The number of ether oxygens (including phenoxy) is 3. The maximum atomic E-state index is 12.0. The van der Waals surface area contributed by atoms with E-state index in [0.29, 0.717) is 18.4 Å². The monoisotopic (exact) mass is 466 g/mol. The van der Waals surface area contributed by atoms with Gasteiger partial charge in [0.25, 0.3) is 0 Å². The predicted molar refractivity (Wildman–Crippen MR) is 131 cm³/mol. The number of carbonyl (C=O) groups is 1. The molecule has 186 valence electrons. The van der Waals surface area contributed by atoms with Crippen LogP contribution in [0.25, 0.3) is 0 Å². The number of hydrogen-bond acceptors (Lipinski definition) is 4. The van der Waals surface area contributed by atoms with Crippen LogP contribution in [0.4, 0.5) is 0 Å². The van der Waals surface area contributed by atoms with E-state index in [0.717, 1.165) is 56.1 Å². The first-order valence-electron chi connectivity index (χ1n) is 14.0. The molecule has 1 aromatic carbocycles. The molecule has 0 bridgehead atoms. The fourth-order valence-corrected chi connectivity index (χ4v) is 9.62. The van der Waals surface area contributed by atoms with Crippen LogP contribution in [-0.4, -0.2) is 31.4 Å². The SMILES string of the molecule is CC(OCc1ccccc1)[C@H]1CC[C@H]2[C@@H]3CC[C@@H]4CC5(CC[C@@H]4[C@H]3CC[C@]12CC=O)OCCO5. The van der Waals surface area contributed by atoms with E-state index >= 15 is 0 Å². The van der Waals surface area contributed by atoms with Crippen molar-refractivity contribution in [3.05, 3.63) is 35.9 Å². The molecule has 1 aliphatic heterocycles. The highest BCUT2D eigenvalue weighted by Crippen LogP contribution is 2.66. The van der Waals surface area contributed by atoms with Crippen LogP contribution in [0.2, 0.25) is 0 Å². The van der Waals surface area contributed by atoms with Gasteiger partial charge in [0.2, 0.25) is 0 Å². The van der Waals surface area contributed by atoms with E-state index in [1.807, 2.05) is 0 Å². The lowest BCUT2D eigenvalue weighted by atomic mass is 9.48. The summed E-state index contributed by atoms with van der Waals surface area (Å²) in [6, 6.07) is 10.5. The molecular weight excluding hydrogens is 424 g/mol. The smallest absolute Gasteiger partial charge is 0.168 e. The van der Waals surface area contributed by atoms with Crippen LogP contribution in [0.1, 0.15) is 76.7 Å². The Hall–Kier alpha value is -1.23. The topological polar surface area (TPSA) is 44.8 Å².